The van der Waals surface area contributed by atoms with Gasteiger partial charge in [-0.05, 0) is 29.8 Å². The van der Waals surface area contributed by atoms with Crippen molar-refractivity contribution in [2.24, 2.45) is 0 Å². The zero-order valence-corrected chi connectivity index (χ0v) is 15.5. The molecule has 1 saturated heterocycles. The number of rotatable bonds is 4. The molecule has 0 spiro atoms. The summed E-state index contributed by atoms with van der Waals surface area (Å²) < 4.78 is 0. The van der Waals surface area contributed by atoms with Crippen LogP contribution in [0.2, 0.25) is 5.02 Å². The van der Waals surface area contributed by atoms with Gasteiger partial charge in [0.05, 0.1) is 5.88 Å². The molecule has 130 valence electrons. The Kier molecular flexibility index (Phi) is 5.66. The van der Waals surface area contributed by atoms with Gasteiger partial charge in [-0.3, -0.25) is 9.59 Å². The summed E-state index contributed by atoms with van der Waals surface area (Å²) in [6, 6.07) is 16.1. The molecule has 1 aliphatic rings. The second kappa shape index (κ2) is 7.93. The highest BCUT2D eigenvalue weighted by atomic mass is 35.5. The number of hydrogen-bond acceptors (Lipinski definition) is 3. The number of carbonyl (C=O) groups is 2. The van der Waals surface area contributed by atoms with Crippen LogP contribution in [0.15, 0.2) is 54.6 Å². The van der Waals surface area contributed by atoms with Crippen molar-refractivity contribution in [3.8, 4) is 0 Å². The van der Waals surface area contributed by atoms with Gasteiger partial charge in [-0.2, -0.15) is 0 Å². The number of hydrogen-bond donors (Lipinski definition) is 0. The van der Waals surface area contributed by atoms with Crippen molar-refractivity contribution in [1.82, 2.24) is 9.80 Å². The number of likely N-dealkylation sites (N-methyl/N-ethyl adjacent to an activating group) is 1. The monoisotopic (exact) mass is 374 g/mol. The lowest BCUT2D eigenvalue weighted by Gasteiger charge is -2.27. The van der Waals surface area contributed by atoms with Crippen molar-refractivity contribution in [3.63, 3.8) is 0 Å². The second-order valence-corrected chi connectivity index (χ2v) is 7.41. The Balaban J connectivity index is 1.69. The zero-order chi connectivity index (χ0) is 17.8. The molecule has 1 heterocycles. The Bertz CT molecular complexity index is 752. The molecule has 0 N–H and O–H groups in total. The lowest BCUT2D eigenvalue weighted by atomic mass is 10.1. The van der Waals surface area contributed by atoms with Crippen LogP contribution in [0.3, 0.4) is 0 Å². The third-order valence-electron chi connectivity index (χ3n) is 4.16. The minimum absolute atomic E-state index is 0.0377. The Hall–Kier alpha value is -1.98. The van der Waals surface area contributed by atoms with Gasteiger partial charge in [0.25, 0.3) is 5.91 Å². The molecule has 3 rings (SSSR count). The molecule has 1 aliphatic heterocycles. The number of thioether (sulfide) groups is 1. The maximum Gasteiger partial charge on any atom is 0.255 e. The third kappa shape index (κ3) is 4.17. The van der Waals surface area contributed by atoms with Gasteiger partial charge in [0, 0.05) is 29.9 Å². The highest BCUT2D eigenvalue weighted by molar-refractivity contribution is 7.99. The van der Waals surface area contributed by atoms with Gasteiger partial charge in [-0.25, -0.2) is 0 Å². The fourth-order valence-electron chi connectivity index (χ4n) is 2.79. The third-order valence-corrected chi connectivity index (χ3v) is 5.42. The van der Waals surface area contributed by atoms with Crippen LogP contribution in [0.25, 0.3) is 0 Å². The number of halogens is 1. The van der Waals surface area contributed by atoms with Gasteiger partial charge in [0.1, 0.15) is 6.04 Å². The fraction of sp³-hybridized carbons (Fsp3) is 0.263. The van der Waals surface area contributed by atoms with Crippen LogP contribution in [-0.2, 0) is 11.3 Å². The maximum absolute atomic E-state index is 12.9. The first-order valence-electron chi connectivity index (χ1n) is 7.99. The summed E-state index contributed by atoms with van der Waals surface area (Å²) in [6.45, 7) is 0.491. The molecule has 0 saturated carbocycles. The molecule has 1 fully saturated rings. The Morgan fingerprint density at radius 3 is 2.52 bits per heavy atom. The summed E-state index contributed by atoms with van der Waals surface area (Å²) >= 11 is 7.51. The molecular weight excluding hydrogens is 356 g/mol. The van der Waals surface area contributed by atoms with E-state index in [1.165, 1.54) is 0 Å². The molecule has 0 aliphatic carbocycles. The smallest absolute Gasteiger partial charge is 0.255 e. The molecule has 0 aromatic heterocycles. The molecule has 1 atom stereocenters. The Labute approximate surface area is 156 Å². The van der Waals surface area contributed by atoms with Crippen LogP contribution in [-0.4, -0.2) is 46.3 Å². The molecule has 2 aromatic rings. The van der Waals surface area contributed by atoms with E-state index in [9.17, 15) is 9.59 Å². The van der Waals surface area contributed by atoms with E-state index in [0.29, 0.717) is 28.8 Å². The van der Waals surface area contributed by atoms with Crippen molar-refractivity contribution in [1.29, 1.82) is 0 Å². The molecule has 0 bridgehead atoms. The van der Waals surface area contributed by atoms with Crippen molar-refractivity contribution in [3.05, 3.63) is 70.7 Å². The Morgan fingerprint density at radius 1 is 1.16 bits per heavy atom. The van der Waals surface area contributed by atoms with Crippen molar-refractivity contribution in [2.75, 3.05) is 18.7 Å². The van der Waals surface area contributed by atoms with Crippen LogP contribution in [0.1, 0.15) is 15.9 Å². The highest BCUT2D eigenvalue weighted by Crippen LogP contribution is 2.25. The average molecular weight is 375 g/mol. The molecule has 2 aromatic carbocycles. The summed E-state index contributed by atoms with van der Waals surface area (Å²) in [6.07, 6.45) is 0. The first kappa shape index (κ1) is 17.8. The lowest BCUT2D eigenvalue weighted by molar-refractivity contribution is -0.134. The van der Waals surface area contributed by atoms with Gasteiger partial charge >= 0.3 is 0 Å². The quantitative estimate of drug-likeness (QED) is 0.822. The van der Waals surface area contributed by atoms with Gasteiger partial charge in [0.2, 0.25) is 5.91 Å². The van der Waals surface area contributed by atoms with Crippen LogP contribution in [0.4, 0.5) is 0 Å². The number of nitrogens with zero attached hydrogens (tertiary/aromatic N) is 2. The predicted molar refractivity (Wildman–Crippen MR) is 102 cm³/mol. The molecule has 0 radical (unpaired) electrons. The fourth-order valence-corrected chi connectivity index (χ4v) is 4.06. The zero-order valence-electron chi connectivity index (χ0n) is 13.9. The van der Waals surface area contributed by atoms with Crippen LogP contribution in [0.5, 0.6) is 0 Å². The highest BCUT2D eigenvalue weighted by Gasteiger charge is 2.36. The van der Waals surface area contributed by atoms with E-state index in [1.807, 2.05) is 42.5 Å². The van der Waals surface area contributed by atoms with E-state index in [-0.39, 0.29) is 11.8 Å². The average Bonchev–Trinajstić information content (AvgIpc) is 3.12. The Morgan fingerprint density at radius 2 is 1.84 bits per heavy atom. The van der Waals surface area contributed by atoms with Gasteiger partial charge in [0.15, 0.2) is 0 Å². The SMILES string of the molecule is CN(Cc1ccc(Cl)cc1)C(=O)C1CSCN1C(=O)c1ccccc1. The van der Waals surface area contributed by atoms with Gasteiger partial charge < -0.3 is 9.80 Å². The summed E-state index contributed by atoms with van der Waals surface area (Å²) in [5, 5.41) is 0.671. The summed E-state index contributed by atoms with van der Waals surface area (Å²) in [5.74, 6) is 1.04. The van der Waals surface area contributed by atoms with Crippen molar-refractivity contribution in [2.45, 2.75) is 12.6 Å². The molecule has 25 heavy (non-hydrogen) atoms. The van der Waals surface area contributed by atoms with Gasteiger partial charge in [-0.15, -0.1) is 11.8 Å². The maximum atomic E-state index is 12.9. The number of carbonyl (C=O) groups excluding carboxylic acids is 2. The van der Waals surface area contributed by atoms with E-state index in [2.05, 4.69) is 0 Å². The van der Waals surface area contributed by atoms with Crippen LogP contribution in [0, 0.1) is 0 Å². The van der Waals surface area contributed by atoms with E-state index in [4.69, 9.17) is 11.6 Å². The molecular formula is C19H19ClN2O2S. The van der Waals surface area contributed by atoms with Crippen molar-refractivity contribution >= 4 is 35.2 Å². The van der Waals surface area contributed by atoms with Crippen molar-refractivity contribution < 1.29 is 9.59 Å². The van der Waals surface area contributed by atoms with E-state index >= 15 is 0 Å². The number of amides is 2. The van der Waals surface area contributed by atoms with Crippen LogP contribution >= 0.6 is 23.4 Å². The normalized spacial score (nSPS) is 16.7. The molecule has 1 unspecified atom stereocenters. The minimum Gasteiger partial charge on any atom is -0.340 e. The minimum atomic E-state index is -0.421. The molecule has 4 nitrogen and oxygen atoms in total. The second-order valence-electron chi connectivity index (χ2n) is 5.98. The van der Waals surface area contributed by atoms with E-state index in [0.717, 1.165) is 5.56 Å². The first-order chi connectivity index (χ1) is 12.1. The number of benzene rings is 2. The molecule has 2 amide bonds. The van der Waals surface area contributed by atoms with Gasteiger partial charge in [-0.1, -0.05) is 41.9 Å². The van der Waals surface area contributed by atoms with E-state index in [1.54, 1.807) is 40.7 Å². The molecule has 6 heteroatoms. The summed E-state index contributed by atoms with van der Waals surface area (Å²) in [4.78, 5) is 28.9. The largest absolute Gasteiger partial charge is 0.340 e. The summed E-state index contributed by atoms with van der Waals surface area (Å²) in [7, 11) is 1.77. The van der Waals surface area contributed by atoms with E-state index < -0.39 is 6.04 Å². The summed E-state index contributed by atoms with van der Waals surface area (Å²) in [5.41, 5.74) is 1.62. The first-order valence-corrected chi connectivity index (χ1v) is 9.52. The lowest BCUT2D eigenvalue weighted by Crippen LogP contribution is -2.47. The topological polar surface area (TPSA) is 40.6 Å². The standard InChI is InChI=1S/C19H19ClN2O2S/c1-21(11-14-7-9-16(20)10-8-14)19(24)17-12-25-13-22(17)18(23)15-5-3-2-4-6-15/h2-10,17H,11-13H2,1H3. The van der Waals surface area contributed by atoms with Crippen LogP contribution < -0.4 is 0 Å². The predicted octanol–water partition coefficient (Wildman–Crippen LogP) is 3.51.